The first-order chi connectivity index (χ1) is 10.8. The number of anilines is 1. The molecule has 0 aliphatic heterocycles. The molecule has 0 saturated heterocycles. The van der Waals surface area contributed by atoms with Gasteiger partial charge in [-0.05, 0) is 24.1 Å². The van der Waals surface area contributed by atoms with E-state index in [0.29, 0.717) is 18.1 Å². The van der Waals surface area contributed by atoms with E-state index in [9.17, 15) is 0 Å². The number of aryl methyl sites for hydroxylation is 1. The van der Waals surface area contributed by atoms with Gasteiger partial charge in [-0.15, -0.1) is 0 Å². The number of halogens is 1. The highest BCUT2D eigenvalue weighted by Gasteiger charge is 2.11. The summed E-state index contributed by atoms with van der Waals surface area (Å²) in [5, 5.41) is 5.95. The van der Waals surface area contributed by atoms with Crippen LogP contribution in [0.15, 0.2) is 30.7 Å². The number of hydrogen-bond donors (Lipinski definition) is 1. The molecule has 0 aromatic carbocycles. The predicted molar refractivity (Wildman–Crippen MR) is 86.7 cm³/mol. The van der Waals surface area contributed by atoms with E-state index >= 15 is 0 Å². The summed E-state index contributed by atoms with van der Waals surface area (Å²) in [6.45, 7) is 1.12. The van der Waals surface area contributed by atoms with Gasteiger partial charge in [-0.2, -0.15) is 15.1 Å². The maximum Gasteiger partial charge on any atom is 0.320 e. The van der Waals surface area contributed by atoms with Gasteiger partial charge in [0.05, 0.1) is 11.6 Å². The van der Waals surface area contributed by atoms with Gasteiger partial charge >= 0.3 is 6.01 Å². The minimum Gasteiger partial charge on any atom is -0.458 e. The molecule has 0 spiro atoms. The molecule has 0 radical (unpaired) electrons. The molecule has 0 saturated carbocycles. The lowest BCUT2D eigenvalue weighted by Crippen LogP contribution is -2.06. The summed E-state index contributed by atoms with van der Waals surface area (Å²) >= 11 is 3.41. The van der Waals surface area contributed by atoms with Gasteiger partial charge in [0, 0.05) is 24.3 Å². The molecule has 2 N–H and O–H groups in total. The highest BCUT2D eigenvalue weighted by molar-refractivity contribution is 9.09. The number of nitrogens with zero attached hydrogens (tertiary/aromatic N) is 5. The molecule has 3 aromatic heterocycles. The van der Waals surface area contributed by atoms with Gasteiger partial charge in [0.1, 0.15) is 12.4 Å². The Morgan fingerprint density at radius 2 is 2.05 bits per heavy atom. The van der Waals surface area contributed by atoms with Crippen molar-refractivity contribution >= 4 is 32.8 Å². The van der Waals surface area contributed by atoms with Crippen molar-refractivity contribution in [3.8, 4) is 6.01 Å². The number of ether oxygens (including phenoxy) is 1. The Kier molecular flexibility index (Phi) is 4.47. The van der Waals surface area contributed by atoms with Crippen LogP contribution in [0.2, 0.25) is 0 Å². The number of fused-ring (bicyclic) bond motifs is 1. The fourth-order valence-electron chi connectivity index (χ4n) is 2.02. The first-order valence-corrected chi connectivity index (χ1v) is 7.97. The van der Waals surface area contributed by atoms with E-state index in [1.54, 1.807) is 18.6 Å². The zero-order chi connectivity index (χ0) is 15.4. The maximum atomic E-state index is 5.96. The van der Waals surface area contributed by atoms with E-state index in [4.69, 9.17) is 10.5 Å². The average molecular weight is 363 g/mol. The van der Waals surface area contributed by atoms with Crippen LogP contribution < -0.4 is 10.5 Å². The Morgan fingerprint density at radius 3 is 2.82 bits per heavy atom. The van der Waals surface area contributed by atoms with Gasteiger partial charge < -0.3 is 10.5 Å². The van der Waals surface area contributed by atoms with Crippen molar-refractivity contribution in [3.63, 3.8) is 0 Å². The molecule has 0 atom stereocenters. The molecular formula is C14H15BrN6O. The summed E-state index contributed by atoms with van der Waals surface area (Å²) < 4.78 is 7.44. The molecule has 22 heavy (non-hydrogen) atoms. The highest BCUT2D eigenvalue weighted by Crippen LogP contribution is 2.21. The van der Waals surface area contributed by atoms with Gasteiger partial charge in [-0.3, -0.25) is 4.98 Å². The monoisotopic (exact) mass is 362 g/mol. The summed E-state index contributed by atoms with van der Waals surface area (Å²) in [5.74, 6) is 0.375. The van der Waals surface area contributed by atoms with E-state index in [-0.39, 0.29) is 6.01 Å². The number of rotatable bonds is 6. The van der Waals surface area contributed by atoms with Crippen LogP contribution in [-0.4, -0.2) is 30.1 Å². The maximum absolute atomic E-state index is 5.96. The van der Waals surface area contributed by atoms with E-state index < -0.39 is 0 Å². The summed E-state index contributed by atoms with van der Waals surface area (Å²) in [5.41, 5.74) is 7.65. The van der Waals surface area contributed by atoms with Crippen LogP contribution in [-0.2, 0) is 13.2 Å². The molecule has 7 nitrogen and oxygen atoms in total. The molecule has 3 heterocycles. The van der Waals surface area contributed by atoms with Gasteiger partial charge in [0.25, 0.3) is 0 Å². The van der Waals surface area contributed by atoms with Gasteiger partial charge in [0.15, 0.2) is 5.65 Å². The second kappa shape index (κ2) is 6.69. The van der Waals surface area contributed by atoms with E-state index in [0.717, 1.165) is 29.2 Å². The molecule has 0 amide bonds. The molecule has 0 bridgehead atoms. The van der Waals surface area contributed by atoms with Crippen molar-refractivity contribution in [1.82, 2.24) is 24.7 Å². The third-order valence-electron chi connectivity index (χ3n) is 3.13. The summed E-state index contributed by atoms with van der Waals surface area (Å²) in [7, 11) is 0. The quantitative estimate of drug-likeness (QED) is 0.675. The second-order valence-electron chi connectivity index (χ2n) is 4.68. The van der Waals surface area contributed by atoms with Crippen LogP contribution in [0.1, 0.15) is 12.0 Å². The number of nitrogens with two attached hydrogens (primary N) is 1. The smallest absolute Gasteiger partial charge is 0.320 e. The normalized spacial score (nSPS) is 11.0. The SMILES string of the molecule is Nc1nc(OCc2ccncc2)nc2c1cnn2CCCBr. The van der Waals surface area contributed by atoms with Crippen molar-refractivity contribution in [2.45, 2.75) is 19.6 Å². The van der Waals surface area contributed by atoms with Crippen molar-refractivity contribution in [2.75, 3.05) is 11.1 Å². The summed E-state index contributed by atoms with van der Waals surface area (Å²) in [6.07, 6.45) is 6.07. The molecule has 114 valence electrons. The standard InChI is InChI=1S/C14H15BrN6O/c15-4-1-7-21-13-11(8-18-21)12(16)19-14(20-13)22-9-10-2-5-17-6-3-10/h2-3,5-6,8H,1,4,7,9H2,(H2,16,19,20). The molecule has 3 rings (SSSR count). The van der Waals surface area contributed by atoms with Crippen molar-refractivity contribution in [3.05, 3.63) is 36.3 Å². The Balaban J connectivity index is 1.83. The number of hydrogen-bond acceptors (Lipinski definition) is 6. The first-order valence-electron chi connectivity index (χ1n) is 6.84. The Hall–Kier alpha value is -2.22. The summed E-state index contributed by atoms with van der Waals surface area (Å²) in [4.78, 5) is 12.6. The lowest BCUT2D eigenvalue weighted by atomic mass is 10.3. The van der Waals surface area contributed by atoms with Crippen LogP contribution in [0, 0.1) is 0 Å². The molecule has 8 heteroatoms. The Bertz CT molecular complexity index is 761. The van der Waals surface area contributed by atoms with Crippen molar-refractivity contribution in [2.24, 2.45) is 0 Å². The topological polar surface area (TPSA) is 91.7 Å². The zero-order valence-electron chi connectivity index (χ0n) is 11.8. The fraction of sp³-hybridized carbons (Fsp3) is 0.286. The van der Waals surface area contributed by atoms with Gasteiger partial charge in [-0.1, -0.05) is 15.9 Å². The fourth-order valence-corrected chi connectivity index (χ4v) is 2.27. The van der Waals surface area contributed by atoms with E-state index in [2.05, 4.69) is 36.0 Å². The number of alkyl halides is 1. The average Bonchev–Trinajstić information content (AvgIpc) is 2.95. The molecule has 0 fully saturated rings. The minimum absolute atomic E-state index is 0.252. The van der Waals surface area contributed by atoms with Crippen molar-refractivity contribution in [1.29, 1.82) is 0 Å². The molecular weight excluding hydrogens is 348 g/mol. The molecule has 3 aromatic rings. The van der Waals surface area contributed by atoms with Crippen LogP contribution in [0.4, 0.5) is 5.82 Å². The predicted octanol–water partition coefficient (Wildman–Crippen LogP) is 2.17. The molecule has 0 aliphatic rings. The molecule has 0 unspecified atom stereocenters. The largest absolute Gasteiger partial charge is 0.458 e. The number of aromatic nitrogens is 5. The minimum atomic E-state index is 0.252. The highest BCUT2D eigenvalue weighted by atomic mass is 79.9. The van der Waals surface area contributed by atoms with Crippen LogP contribution in [0.5, 0.6) is 6.01 Å². The zero-order valence-corrected chi connectivity index (χ0v) is 13.4. The third-order valence-corrected chi connectivity index (χ3v) is 3.69. The third kappa shape index (κ3) is 3.16. The lowest BCUT2D eigenvalue weighted by molar-refractivity contribution is 0.282. The van der Waals surface area contributed by atoms with Crippen molar-refractivity contribution < 1.29 is 4.74 Å². The van der Waals surface area contributed by atoms with Gasteiger partial charge in [-0.25, -0.2) is 4.68 Å². The number of pyridine rings is 1. The Labute approximate surface area is 135 Å². The number of nitrogen functional groups attached to an aromatic ring is 1. The first kappa shape index (κ1) is 14.7. The van der Waals surface area contributed by atoms with E-state index in [1.807, 2.05) is 16.8 Å². The van der Waals surface area contributed by atoms with Crippen LogP contribution >= 0.6 is 15.9 Å². The van der Waals surface area contributed by atoms with E-state index in [1.165, 1.54) is 0 Å². The molecule has 0 aliphatic carbocycles. The Morgan fingerprint density at radius 1 is 1.23 bits per heavy atom. The lowest BCUT2D eigenvalue weighted by Gasteiger charge is -2.07. The summed E-state index contributed by atoms with van der Waals surface area (Å²) in [6, 6.07) is 4.01. The van der Waals surface area contributed by atoms with Crippen LogP contribution in [0.3, 0.4) is 0 Å². The van der Waals surface area contributed by atoms with Gasteiger partial charge in [0.2, 0.25) is 0 Å². The van der Waals surface area contributed by atoms with Crippen LogP contribution in [0.25, 0.3) is 11.0 Å². The second-order valence-corrected chi connectivity index (χ2v) is 5.48.